The summed E-state index contributed by atoms with van der Waals surface area (Å²) in [6, 6.07) is 14.7. The van der Waals surface area contributed by atoms with Gasteiger partial charge in [0, 0.05) is 55.5 Å². The Hall–Kier alpha value is -4.00. The fraction of sp³-hybridized carbons (Fsp3) is 0.308. The Morgan fingerprint density at radius 1 is 1.17 bits per heavy atom. The summed E-state index contributed by atoms with van der Waals surface area (Å²) in [5.41, 5.74) is 9.36. The molecule has 0 saturated carbocycles. The highest BCUT2D eigenvalue weighted by Crippen LogP contribution is 2.35. The molecule has 178 valence electrons. The van der Waals surface area contributed by atoms with Crippen molar-refractivity contribution in [2.45, 2.75) is 19.4 Å². The van der Waals surface area contributed by atoms with Gasteiger partial charge < -0.3 is 25.0 Å². The van der Waals surface area contributed by atoms with E-state index in [-0.39, 0.29) is 11.9 Å². The third-order valence-electron chi connectivity index (χ3n) is 6.08. The minimum absolute atomic E-state index is 0.00132. The van der Waals surface area contributed by atoms with Crippen molar-refractivity contribution in [2.75, 3.05) is 42.6 Å². The predicted molar refractivity (Wildman–Crippen MR) is 131 cm³/mol. The van der Waals surface area contributed by atoms with Crippen molar-refractivity contribution in [2.24, 2.45) is 5.73 Å². The van der Waals surface area contributed by atoms with Gasteiger partial charge >= 0.3 is 0 Å². The second-order valence-corrected chi connectivity index (χ2v) is 8.70. The van der Waals surface area contributed by atoms with Gasteiger partial charge in [-0.05, 0) is 37.3 Å². The molecular weight excluding hydrogens is 444 g/mol. The molecule has 9 heteroatoms. The molecule has 0 bridgehead atoms. The van der Waals surface area contributed by atoms with Crippen LogP contribution >= 0.6 is 0 Å². The Morgan fingerprint density at radius 3 is 2.69 bits per heavy atom. The summed E-state index contributed by atoms with van der Waals surface area (Å²) >= 11 is 0. The number of carbonyl (C=O) groups is 1. The van der Waals surface area contributed by atoms with Gasteiger partial charge in [0.05, 0.1) is 42.4 Å². The van der Waals surface area contributed by atoms with Gasteiger partial charge in [-0.25, -0.2) is 4.98 Å². The Balaban J connectivity index is 1.45. The zero-order valence-corrected chi connectivity index (χ0v) is 19.5. The lowest BCUT2D eigenvalue weighted by molar-refractivity contribution is -0.117. The van der Waals surface area contributed by atoms with Crippen molar-refractivity contribution in [1.82, 2.24) is 9.97 Å². The highest BCUT2D eigenvalue weighted by atomic mass is 16.5. The van der Waals surface area contributed by atoms with Crippen LogP contribution in [0.5, 0.6) is 11.5 Å². The van der Waals surface area contributed by atoms with Crippen LogP contribution in [0, 0.1) is 18.3 Å². The van der Waals surface area contributed by atoms with E-state index in [2.05, 4.69) is 20.9 Å². The molecule has 1 unspecified atom stereocenters. The van der Waals surface area contributed by atoms with Gasteiger partial charge in [0.25, 0.3) is 0 Å². The maximum Gasteiger partial charge on any atom is 0.228 e. The summed E-state index contributed by atoms with van der Waals surface area (Å²) in [6.45, 7) is 5.28. The molecule has 1 amide bonds. The molecule has 2 fully saturated rings. The molecule has 2 N–H and O–H groups in total. The second-order valence-electron chi connectivity index (χ2n) is 8.70. The molecule has 9 nitrogen and oxygen atoms in total. The number of nitrogens with zero attached hydrogens (tertiary/aromatic N) is 5. The van der Waals surface area contributed by atoms with Crippen LogP contribution in [0.4, 0.5) is 11.5 Å². The lowest BCUT2D eigenvalue weighted by Gasteiger charge is -2.28. The molecule has 1 atom stereocenters. The Labute approximate surface area is 203 Å². The van der Waals surface area contributed by atoms with E-state index < -0.39 is 0 Å². The average molecular weight is 471 g/mol. The molecule has 3 aromatic rings. The normalized spacial score (nSPS) is 18.0. The molecule has 1 aromatic carbocycles. The van der Waals surface area contributed by atoms with E-state index in [0.717, 1.165) is 30.2 Å². The number of benzene rings is 1. The molecule has 4 heterocycles. The first kappa shape index (κ1) is 22.8. The molecule has 2 saturated heterocycles. The number of pyridine rings is 2. The second kappa shape index (κ2) is 9.70. The van der Waals surface area contributed by atoms with E-state index in [1.54, 1.807) is 23.2 Å². The summed E-state index contributed by atoms with van der Waals surface area (Å²) in [4.78, 5) is 25.3. The summed E-state index contributed by atoms with van der Waals surface area (Å²) in [7, 11) is 0. The van der Waals surface area contributed by atoms with Gasteiger partial charge in [0.1, 0.15) is 17.3 Å². The summed E-state index contributed by atoms with van der Waals surface area (Å²) < 4.78 is 11.8. The average Bonchev–Trinajstić information content (AvgIpc) is 3.22. The van der Waals surface area contributed by atoms with E-state index in [0.29, 0.717) is 54.6 Å². The lowest BCUT2D eigenvalue weighted by Crippen LogP contribution is -2.36. The smallest absolute Gasteiger partial charge is 0.228 e. The standard InChI is InChI=1S/C26H26N6O3/c1-17-10-21(13-25(30-17)31-6-8-34-9-7-31)35-24-11-18(14-27)2-4-22(24)23-5-3-20(15-29-23)32-16-19(28)12-26(32)33/h2-5,10-11,13,15,19H,6-9,12,16,28H2,1H3. The third kappa shape index (κ3) is 4.94. The van der Waals surface area contributed by atoms with Crippen molar-refractivity contribution in [3.8, 4) is 28.8 Å². The van der Waals surface area contributed by atoms with Crippen molar-refractivity contribution in [3.05, 3.63) is 59.9 Å². The molecular formula is C26H26N6O3. The van der Waals surface area contributed by atoms with Crippen molar-refractivity contribution >= 4 is 17.4 Å². The van der Waals surface area contributed by atoms with Gasteiger partial charge in [-0.3, -0.25) is 9.78 Å². The highest BCUT2D eigenvalue weighted by Gasteiger charge is 2.28. The number of nitrogens with two attached hydrogens (primary N) is 1. The van der Waals surface area contributed by atoms with Crippen LogP contribution in [-0.2, 0) is 9.53 Å². The van der Waals surface area contributed by atoms with Crippen molar-refractivity contribution in [1.29, 1.82) is 5.26 Å². The molecule has 0 spiro atoms. The number of nitriles is 1. The number of hydrogen-bond acceptors (Lipinski definition) is 8. The molecule has 0 aliphatic carbocycles. The zero-order chi connectivity index (χ0) is 24.4. The minimum atomic E-state index is -0.160. The third-order valence-corrected chi connectivity index (χ3v) is 6.08. The van der Waals surface area contributed by atoms with Gasteiger partial charge in [0.2, 0.25) is 5.91 Å². The number of ether oxygens (including phenoxy) is 2. The number of hydrogen-bond donors (Lipinski definition) is 1. The molecule has 0 radical (unpaired) electrons. The van der Waals surface area contributed by atoms with Gasteiger partial charge in [-0.2, -0.15) is 5.26 Å². The topological polar surface area (TPSA) is 118 Å². The molecule has 2 aliphatic rings. The monoisotopic (exact) mass is 470 g/mol. The van der Waals surface area contributed by atoms with Crippen molar-refractivity contribution < 1.29 is 14.3 Å². The van der Waals surface area contributed by atoms with Crippen LogP contribution in [0.1, 0.15) is 17.7 Å². The van der Waals surface area contributed by atoms with Gasteiger partial charge in [-0.15, -0.1) is 0 Å². The summed E-state index contributed by atoms with van der Waals surface area (Å²) in [5, 5.41) is 9.45. The van der Waals surface area contributed by atoms with E-state index in [9.17, 15) is 10.1 Å². The SMILES string of the molecule is Cc1cc(Oc2cc(C#N)ccc2-c2ccc(N3CC(N)CC3=O)cn2)cc(N2CCOCC2)n1. The zero-order valence-electron chi connectivity index (χ0n) is 19.5. The lowest BCUT2D eigenvalue weighted by atomic mass is 10.1. The summed E-state index contributed by atoms with van der Waals surface area (Å²) in [6.07, 6.45) is 2.01. The van der Waals surface area contributed by atoms with Crippen LogP contribution in [0.2, 0.25) is 0 Å². The van der Waals surface area contributed by atoms with Crippen LogP contribution < -0.4 is 20.3 Å². The Kier molecular flexibility index (Phi) is 6.31. The van der Waals surface area contributed by atoms with Crippen LogP contribution in [0.3, 0.4) is 0 Å². The summed E-state index contributed by atoms with van der Waals surface area (Å²) in [5.74, 6) is 1.97. The predicted octanol–water partition coefficient (Wildman–Crippen LogP) is 3.02. The maximum absolute atomic E-state index is 12.2. The number of carbonyl (C=O) groups excluding carboxylic acids is 1. The van der Waals surface area contributed by atoms with E-state index in [1.165, 1.54) is 0 Å². The number of amides is 1. The highest BCUT2D eigenvalue weighted by molar-refractivity contribution is 5.96. The van der Waals surface area contributed by atoms with E-state index >= 15 is 0 Å². The molecule has 2 aliphatic heterocycles. The first-order valence-corrected chi connectivity index (χ1v) is 11.6. The van der Waals surface area contributed by atoms with E-state index in [4.69, 9.17) is 15.2 Å². The van der Waals surface area contributed by atoms with Gasteiger partial charge in [-0.1, -0.05) is 0 Å². The first-order valence-electron chi connectivity index (χ1n) is 11.6. The van der Waals surface area contributed by atoms with Crippen molar-refractivity contribution in [3.63, 3.8) is 0 Å². The Morgan fingerprint density at radius 2 is 2.00 bits per heavy atom. The quantitative estimate of drug-likeness (QED) is 0.605. The molecule has 2 aromatic heterocycles. The first-order chi connectivity index (χ1) is 17.0. The van der Waals surface area contributed by atoms with E-state index in [1.807, 2.05) is 37.3 Å². The number of aromatic nitrogens is 2. The largest absolute Gasteiger partial charge is 0.456 e. The van der Waals surface area contributed by atoms with Crippen LogP contribution in [-0.4, -0.2) is 54.8 Å². The van der Waals surface area contributed by atoms with Gasteiger partial charge in [0.15, 0.2) is 0 Å². The molecule has 35 heavy (non-hydrogen) atoms. The molecule has 5 rings (SSSR count). The Bertz CT molecular complexity index is 1280. The number of anilines is 2. The maximum atomic E-state index is 12.2. The number of aryl methyl sites for hydroxylation is 1. The van der Waals surface area contributed by atoms with Crippen LogP contribution in [0.15, 0.2) is 48.7 Å². The minimum Gasteiger partial charge on any atom is -0.456 e. The van der Waals surface area contributed by atoms with Crippen LogP contribution in [0.25, 0.3) is 11.3 Å². The fourth-order valence-electron chi connectivity index (χ4n) is 4.34. The fourth-order valence-corrected chi connectivity index (χ4v) is 4.34. The number of rotatable bonds is 5. The number of morpholine rings is 1.